The van der Waals surface area contributed by atoms with E-state index in [1.807, 2.05) is 36.6 Å². The van der Waals surface area contributed by atoms with Gasteiger partial charge in [-0.1, -0.05) is 25.5 Å². The number of rotatable bonds is 4. The van der Waals surface area contributed by atoms with Crippen LogP contribution in [0, 0.1) is 0 Å². The number of pyridine rings is 1. The Hall–Kier alpha value is -1.72. The molecule has 3 rings (SSSR count). The Morgan fingerprint density at radius 3 is 2.77 bits per heavy atom. The predicted molar refractivity (Wildman–Crippen MR) is 94.9 cm³/mol. The summed E-state index contributed by atoms with van der Waals surface area (Å²) in [5, 5.41) is 1.36. The minimum absolute atomic E-state index is 0.183. The number of hydrogen-bond acceptors (Lipinski definition) is 5. The first-order valence-electron chi connectivity index (χ1n) is 7.16. The topological polar surface area (TPSA) is 42.9 Å². The Balaban J connectivity index is 2.18. The molecule has 2 aromatic heterocycles. The Morgan fingerprint density at radius 1 is 1.18 bits per heavy atom. The molecule has 0 aliphatic heterocycles. The fraction of sp³-hybridized carbons (Fsp3) is 0.235. The van der Waals surface area contributed by atoms with Crippen LogP contribution >= 0.6 is 23.1 Å². The van der Waals surface area contributed by atoms with Crippen molar-refractivity contribution >= 4 is 33.2 Å². The quantitative estimate of drug-likeness (QED) is 0.666. The number of hydrogen-bond donors (Lipinski definition) is 0. The van der Waals surface area contributed by atoms with Gasteiger partial charge in [-0.15, -0.1) is 23.1 Å². The van der Waals surface area contributed by atoms with Crippen LogP contribution in [-0.4, -0.2) is 16.2 Å². The minimum atomic E-state index is -0.183. The number of aryl methyl sites for hydroxylation is 1. The van der Waals surface area contributed by atoms with Gasteiger partial charge < -0.3 is 0 Å². The lowest BCUT2D eigenvalue weighted by Crippen LogP contribution is -2.06. The summed E-state index contributed by atoms with van der Waals surface area (Å²) < 4.78 is 0.950. The highest BCUT2D eigenvalue weighted by atomic mass is 32.2. The highest BCUT2D eigenvalue weighted by Crippen LogP contribution is 2.28. The largest absolute Gasteiger partial charge is 0.279 e. The van der Waals surface area contributed by atoms with E-state index in [0.717, 1.165) is 33.8 Å². The Kier molecular flexibility index (Phi) is 4.55. The van der Waals surface area contributed by atoms with Gasteiger partial charge in [-0.3, -0.25) is 9.78 Å². The van der Waals surface area contributed by atoms with E-state index in [9.17, 15) is 4.79 Å². The fourth-order valence-corrected chi connectivity index (χ4v) is 3.73. The van der Waals surface area contributed by atoms with E-state index in [2.05, 4.69) is 23.0 Å². The molecule has 0 spiro atoms. The number of benzene rings is 1. The van der Waals surface area contributed by atoms with Gasteiger partial charge in [0, 0.05) is 15.3 Å². The van der Waals surface area contributed by atoms with E-state index >= 15 is 0 Å². The fourth-order valence-electron chi connectivity index (χ4n) is 2.29. The Labute approximate surface area is 137 Å². The van der Waals surface area contributed by atoms with Crippen molar-refractivity contribution in [1.82, 2.24) is 9.97 Å². The maximum atomic E-state index is 12.2. The molecule has 0 saturated carbocycles. The molecule has 0 atom stereocenters. The van der Waals surface area contributed by atoms with Crippen LogP contribution in [0.2, 0.25) is 0 Å². The van der Waals surface area contributed by atoms with Crippen LogP contribution in [0.25, 0.3) is 20.8 Å². The van der Waals surface area contributed by atoms with Gasteiger partial charge in [0.25, 0.3) is 5.56 Å². The highest BCUT2D eigenvalue weighted by molar-refractivity contribution is 7.98. The number of thioether (sulfide) groups is 1. The molecule has 0 aliphatic rings. The first kappa shape index (κ1) is 15.2. The van der Waals surface area contributed by atoms with Gasteiger partial charge in [-0.25, -0.2) is 0 Å². The molecule has 22 heavy (non-hydrogen) atoms. The molecular weight excluding hydrogens is 312 g/mol. The van der Waals surface area contributed by atoms with Crippen LogP contribution in [0.5, 0.6) is 0 Å². The van der Waals surface area contributed by atoms with Gasteiger partial charge in [-0.05, 0) is 36.9 Å². The van der Waals surface area contributed by atoms with E-state index in [0.29, 0.717) is 10.4 Å². The molecule has 3 aromatic rings. The van der Waals surface area contributed by atoms with Gasteiger partial charge in [-0.2, -0.15) is 4.98 Å². The summed E-state index contributed by atoms with van der Waals surface area (Å²) in [6, 6.07) is 11.7. The molecule has 0 N–H and O–H groups in total. The maximum absolute atomic E-state index is 12.2. The standard InChI is InChI=1S/C17H16N2OS2/c1-3-6-11-9-12(21-2)10-14(18-11)17-19-16(20)13-7-4-5-8-15(13)22-17/h4-5,7-10H,3,6H2,1-2H3. The lowest BCUT2D eigenvalue weighted by Gasteiger charge is -2.07. The zero-order valence-electron chi connectivity index (χ0n) is 12.5. The molecular formula is C17H16N2OS2. The van der Waals surface area contributed by atoms with Gasteiger partial charge in [0.2, 0.25) is 0 Å². The van der Waals surface area contributed by atoms with E-state index in [-0.39, 0.29) is 5.56 Å². The van der Waals surface area contributed by atoms with Gasteiger partial charge in [0.1, 0.15) is 10.7 Å². The normalized spacial score (nSPS) is 11.0. The average molecular weight is 328 g/mol. The van der Waals surface area contributed by atoms with Crippen LogP contribution in [0.15, 0.2) is 46.1 Å². The Bertz CT molecular complexity index is 874. The smallest absolute Gasteiger partial charge is 0.267 e. The third-order valence-corrected chi connectivity index (χ3v) is 5.12. The summed E-state index contributed by atoms with van der Waals surface area (Å²) in [5.74, 6) is 0. The van der Waals surface area contributed by atoms with Gasteiger partial charge in [0.05, 0.1) is 5.39 Å². The summed E-state index contributed by atoms with van der Waals surface area (Å²) in [6.45, 7) is 2.14. The highest BCUT2D eigenvalue weighted by Gasteiger charge is 2.10. The molecule has 0 amide bonds. The van der Waals surface area contributed by atoms with Crippen LogP contribution in [-0.2, 0) is 6.42 Å². The summed E-state index contributed by atoms with van der Waals surface area (Å²) >= 11 is 3.20. The second-order valence-corrected chi connectivity index (χ2v) is 6.86. The van der Waals surface area contributed by atoms with Crippen LogP contribution in [0.1, 0.15) is 19.0 Å². The molecule has 5 heteroatoms. The van der Waals surface area contributed by atoms with Crippen LogP contribution in [0.4, 0.5) is 0 Å². The Morgan fingerprint density at radius 2 is 2.00 bits per heavy atom. The van der Waals surface area contributed by atoms with E-state index in [4.69, 9.17) is 0 Å². The molecule has 1 aromatic carbocycles. The summed E-state index contributed by atoms with van der Waals surface area (Å²) in [4.78, 5) is 22.3. The molecule has 0 unspecified atom stereocenters. The van der Waals surface area contributed by atoms with Crippen molar-refractivity contribution in [3.63, 3.8) is 0 Å². The number of nitrogens with zero attached hydrogens (tertiary/aromatic N) is 2. The molecule has 2 heterocycles. The second kappa shape index (κ2) is 6.58. The van der Waals surface area contributed by atoms with Gasteiger partial charge in [0.15, 0.2) is 0 Å². The molecule has 0 fully saturated rings. The summed E-state index contributed by atoms with van der Waals surface area (Å²) in [6.07, 6.45) is 4.03. The average Bonchev–Trinajstić information content (AvgIpc) is 2.55. The predicted octanol–water partition coefficient (Wildman–Crippen LogP) is 4.39. The number of fused-ring (bicyclic) bond motifs is 1. The van der Waals surface area contributed by atoms with Crippen LogP contribution in [0.3, 0.4) is 0 Å². The van der Waals surface area contributed by atoms with Crippen LogP contribution < -0.4 is 5.56 Å². The maximum Gasteiger partial charge on any atom is 0.279 e. The van der Waals surface area contributed by atoms with E-state index < -0.39 is 0 Å². The second-order valence-electron chi connectivity index (χ2n) is 4.95. The first-order chi connectivity index (χ1) is 10.7. The van der Waals surface area contributed by atoms with E-state index in [1.54, 1.807) is 11.8 Å². The molecule has 0 radical (unpaired) electrons. The van der Waals surface area contributed by atoms with E-state index in [1.165, 1.54) is 11.3 Å². The lowest BCUT2D eigenvalue weighted by atomic mass is 10.2. The number of aromatic nitrogens is 2. The van der Waals surface area contributed by atoms with Crippen molar-refractivity contribution in [1.29, 1.82) is 0 Å². The first-order valence-corrected chi connectivity index (χ1v) is 9.20. The van der Waals surface area contributed by atoms with Crippen molar-refractivity contribution in [2.45, 2.75) is 24.7 Å². The third kappa shape index (κ3) is 3.05. The van der Waals surface area contributed by atoms with Crippen molar-refractivity contribution in [3.8, 4) is 10.7 Å². The van der Waals surface area contributed by atoms with Crippen molar-refractivity contribution < 1.29 is 0 Å². The van der Waals surface area contributed by atoms with Crippen molar-refractivity contribution in [3.05, 3.63) is 52.4 Å². The molecule has 112 valence electrons. The molecule has 3 nitrogen and oxygen atoms in total. The monoisotopic (exact) mass is 328 g/mol. The summed E-state index contributed by atoms with van der Waals surface area (Å²) in [5.41, 5.74) is 1.67. The van der Waals surface area contributed by atoms with Crippen molar-refractivity contribution in [2.75, 3.05) is 6.26 Å². The minimum Gasteiger partial charge on any atom is -0.267 e. The third-order valence-electron chi connectivity index (χ3n) is 3.34. The van der Waals surface area contributed by atoms with Crippen molar-refractivity contribution in [2.24, 2.45) is 0 Å². The lowest BCUT2D eigenvalue weighted by molar-refractivity contribution is 0.878. The molecule has 0 saturated heterocycles. The summed E-state index contributed by atoms with van der Waals surface area (Å²) in [7, 11) is 0. The SMILES string of the molecule is CCCc1cc(SC)cc(-c2nc(=O)c3ccccc3s2)n1. The zero-order chi connectivity index (χ0) is 15.5. The zero-order valence-corrected chi connectivity index (χ0v) is 14.1. The van der Waals surface area contributed by atoms with Gasteiger partial charge >= 0.3 is 0 Å². The molecule has 0 aliphatic carbocycles. The molecule has 0 bridgehead atoms.